The molecule has 16 heavy (non-hydrogen) atoms. The van der Waals surface area contributed by atoms with E-state index in [0.29, 0.717) is 5.92 Å². The molecule has 0 aliphatic carbocycles. The van der Waals surface area contributed by atoms with E-state index in [0.717, 1.165) is 19.5 Å². The van der Waals surface area contributed by atoms with Gasteiger partial charge >= 0.3 is 0 Å². The minimum absolute atomic E-state index is 0.0697. The van der Waals surface area contributed by atoms with Crippen molar-refractivity contribution >= 4 is 0 Å². The second-order valence-corrected chi connectivity index (χ2v) is 5.89. The Morgan fingerprint density at radius 2 is 1.62 bits per heavy atom. The first-order valence-electron chi connectivity index (χ1n) is 6.93. The molecule has 1 saturated heterocycles. The van der Waals surface area contributed by atoms with Gasteiger partial charge in [-0.25, -0.2) is 0 Å². The Morgan fingerprint density at radius 3 is 2.06 bits per heavy atom. The quantitative estimate of drug-likeness (QED) is 0.798. The minimum atomic E-state index is -0.212. The van der Waals surface area contributed by atoms with Crippen LogP contribution < -0.4 is 0 Å². The van der Waals surface area contributed by atoms with Gasteiger partial charge in [0.2, 0.25) is 0 Å². The van der Waals surface area contributed by atoms with Crippen molar-refractivity contribution < 1.29 is 5.11 Å². The zero-order valence-corrected chi connectivity index (χ0v) is 11.5. The van der Waals surface area contributed by atoms with Crippen molar-refractivity contribution in [3.63, 3.8) is 0 Å². The summed E-state index contributed by atoms with van der Waals surface area (Å²) >= 11 is 0. The number of aliphatic hydroxyl groups excluding tert-OH is 1. The van der Waals surface area contributed by atoms with E-state index in [4.69, 9.17) is 0 Å². The molecular formula is C14H29NO. The molecule has 0 spiro atoms. The van der Waals surface area contributed by atoms with Gasteiger partial charge in [0.1, 0.15) is 0 Å². The maximum Gasteiger partial charge on any atom is 0.0743 e. The van der Waals surface area contributed by atoms with E-state index in [1.807, 2.05) is 0 Å². The van der Waals surface area contributed by atoms with Gasteiger partial charge in [-0.15, -0.1) is 0 Å². The Balaban J connectivity index is 2.65. The molecule has 2 unspecified atom stereocenters. The van der Waals surface area contributed by atoms with E-state index in [2.05, 4.69) is 32.6 Å². The van der Waals surface area contributed by atoms with Crippen LogP contribution in [0.2, 0.25) is 0 Å². The zero-order valence-electron chi connectivity index (χ0n) is 11.5. The number of aliphatic hydroxyl groups is 1. The molecule has 1 N–H and O–H groups in total. The molecule has 0 radical (unpaired) electrons. The lowest BCUT2D eigenvalue weighted by atomic mass is 9.85. The van der Waals surface area contributed by atoms with Crippen LogP contribution in [-0.2, 0) is 0 Å². The molecule has 2 heteroatoms. The van der Waals surface area contributed by atoms with Gasteiger partial charge in [-0.05, 0) is 45.7 Å². The summed E-state index contributed by atoms with van der Waals surface area (Å²) in [7, 11) is 0. The molecule has 2 atom stereocenters. The van der Waals surface area contributed by atoms with Crippen LogP contribution in [0.5, 0.6) is 0 Å². The Bertz CT molecular complexity index is 195. The van der Waals surface area contributed by atoms with Gasteiger partial charge in [0.15, 0.2) is 0 Å². The van der Waals surface area contributed by atoms with E-state index in [9.17, 15) is 5.11 Å². The fourth-order valence-corrected chi connectivity index (χ4v) is 2.75. The second kappa shape index (κ2) is 6.02. The van der Waals surface area contributed by atoms with Crippen LogP contribution in [0.4, 0.5) is 0 Å². The molecule has 0 amide bonds. The lowest BCUT2D eigenvalue weighted by Crippen LogP contribution is -2.54. The lowest BCUT2D eigenvalue weighted by molar-refractivity contribution is -0.0378. The molecular weight excluding hydrogens is 198 g/mol. The van der Waals surface area contributed by atoms with Gasteiger partial charge in [0.25, 0.3) is 0 Å². The molecule has 0 aromatic carbocycles. The van der Waals surface area contributed by atoms with Crippen molar-refractivity contribution in [2.75, 3.05) is 13.1 Å². The number of nitrogens with zero attached hydrogens (tertiary/aromatic N) is 1. The number of hydrogen-bond acceptors (Lipinski definition) is 2. The van der Waals surface area contributed by atoms with Gasteiger partial charge in [-0.3, -0.25) is 4.90 Å². The van der Waals surface area contributed by atoms with Crippen molar-refractivity contribution in [3.8, 4) is 0 Å². The maximum atomic E-state index is 10.4. The maximum absolute atomic E-state index is 10.4. The molecule has 1 fully saturated rings. The summed E-state index contributed by atoms with van der Waals surface area (Å²) in [6.07, 6.45) is 6.12. The molecule has 0 saturated carbocycles. The van der Waals surface area contributed by atoms with Crippen LogP contribution >= 0.6 is 0 Å². The van der Waals surface area contributed by atoms with Crippen LogP contribution in [0, 0.1) is 5.92 Å². The van der Waals surface area contributed by atoms with Crippen molar-refractivity contribution in [2.45, 2.75) is 71.4 Å². The molecule has 0 aromatic heterocycles. The Labute approximate surface area is 101 Å². The Morgan fingerprint density at radius 1 is 1.12 bits per heavy atom. The average molecular weight is 227 g/mol. The highest BCUT2D eigenvalue weighted by Gasteiger charge is 2.36. The van der Waals surface area contributed by atoms with E-state index < -0.39 is 0 Å². The van der Waals surface area contributed by atoms with Crippen LogP contribution in [0.15, 0.2) is 0 Å². The first-order valence-corrected chi connectivity index (χ1v) is 6.93. The normalized spacial score (nSPS) is 23.8. The molecule has 1 aliphatic rings. The summed E-state index contributed by atoms with van der Waals surface area (Å²) in [4.78, 5) is 2.50. The fraction of sp³-hybridized carbons (Fsp3) is 1.00. The average Bonchev–Trinajstić information content (AvgIpc) is 2.55. The molecule has 0 bridgehead atoms. The highest BCUT2D eigenvalue weighted by Crippen LogP contribution is 2.28. The summed E-state index contributed by atoms with van der Waals surface area (Å²) in [6.45, 7) is 11.0. The molecule has 1 heterocycles. The summed E-state index contributed by atoms with van der Waals surface area (Å²) in [5, 5.41) is 10.4. The van der Waals surface area contributed by atoms with Gasteiger partial charge in [0, 0.05) is 5.54 Å². The lowest BCUT2D eigenvalue weighted by Gasteiger charge is -2.43. The third-order valence-electron chi connectivity index (χ3n) is 4.33. The van der Waals surface area contributed by atoms with E-state index in [1.165, 1.54) is 25.7 Å². The van der Waals surface area contributed by atoms with Gasteiger partial charge in [-0.1, -0.05) is 33.1 Å². The molecule has 1 aliphatic heterocycles. The third kappa shape index (κ3) is 3.21. The third-order valence-corrected chi connectivity index (χ3v) is 4.33. The van der Waals surface area contributed by atoms with Gasteiger partial charge in [-0.2, -0.15) is 0 Å². The van der Waals surface area contributed by atoms with Crippen LogP contribution in [0.3, 0.4) is 0 Å². The van der Waals surface area contributed by atoms with Crippen molar-refractivity contribution in [1.29, 1.82) is 0 Å². The highest BCUT2D eigenvalue weighted by atomic mass is 16.3. The molecule has 0 aromatic rings. The smallest absolute Gasteiger partial charge is 0.0743 e. The monoisotopic (exact) mass is 227 g/mol. The number of hydrogen-bond donors (Lipinski definition) is 1. The second-order valence-electron chi connectivity index (χ2n) is 5.89. The predicted octanol–water partition coefficient (Wildman–Crippen LogP) is 3.05. The number of rotatable bonds is 4. The molecule has 1 rings (SSSR count). The predicted molar refractivity (Wildman–Crippen MR) is 69.6 cm³/mol. The summed E-state index contributed by atoms with van der Waals surface area (Å²) in [6, 6.07) is 0. The molecule has 2 nitrogen and oxygen atoms in total. The standard InChI is InChI=1S/C14H29NO/c1-5-12(2)13(16)14(3,4)15-10-8-6-7-9-11-15/h12-13,16H,5-11H2,1-4H3. The summed E-state index contributed by atoms with van der Waals surface area (Å²) in [5.74, 6) is 0.387. The highest BCUT2D eigenvalue weighted by molar-refractivity contribution is 4.91. The van der Waals surface area contributed by atoms with Crippen molar-refractivity contribution in [3.05, 3.63) is 0 Å². The van der Waals surface area contributed by atoms with Crippen molar-refractivity contribution in [1.82, 2.24) is 4.90 Å². The van der Waals surface area contributed by atoms with E-state index in [1.54, 1.807) is 0 Å². The minimum Gasteiger partial charge on any atom is -0.391 e. The van der Waals surface area contributed by atoms with Crippen molar-refractivity contribution in [2.24, 2.45) is 5.92 Å². The van der Waals surface area contributed by atoms with E-state index >= 15 is 0 Å². The van der Waals surface area contributed by atoms with Crippen LogP contribution in [0.1, 0.15) is 59.8 Å². The zero-order chi connectivity index (χ0) is 12.2. The van der Waals surface area contributed by atoms with Gasteiger partial charge in [0.05, 0.1) is 6.10 Å². The largest absolute Gasteiger partial charge is 0.391 e. The first kappa shape index (κ1) is 14.0. The Kier molecular flexibility index (Phi) is 5.26. The SMILES string of the molecule is CCC(C)C(O)C(C)(C)N1CCCCCC1. The number of likely N-dealkylation sites (tertiary alicyclic amines) is 1. The first-order chi connectivity index (χ1) is 7.50. The Hall–Kier alpha value is -0.0800. The summed E-state index contributed by atoms with van der Waals surface area (Å²) < 4.78 is 0. The topological polar surface area (TPSA) is 23.5 Å². The molecule has 96 valence electrons. The van der Waals surface area contributed by atoms with Gasteiger partial charge < -0.3 is 5.11 Å². The fourth-order valence-electron chi connectivity index (χ4n) is 2.75. The van der Waals surface area contributed by atoms with Crippen LogP contribution in [-0.4, -0.2) is 34.7 Å². The van der Waals surface area contributed by atoms with E-state index in [-0.39, 0.29) is 11.6 Å². The summed E-state index contributed by atoms with van der Waals surface area (Å²) in [5.41, 5.74) is -0.0697. The van der Waals surface area contributed by atoms with Crippen LogP contribution in [0.25, 0.3) is 0 Å².